The lowest BCUT2D eigenvalue weighted by molar-refractivity contribution is -0.137. The van der Waals surface area contributed by atoms with Gasteiger partial charge in [0.25, 0.3) is 0 Å². The van der Waals surface area contributed by atoms with Gasteiger partial charge in [-0.15, -0.1) is 0 Å². The second-order valence-corrected chi connectivity index (χ2v) is 4.37. The predicted molar refractivity (Wildman–Crippen MR) is 65.5 cm³/mol. The van der Waals surface area contributed by atoms with Crippen molar-refractivity contribution in [3.05, 3.63) is 42.1 Å². The molecular formula is C13H13F3N2O. The van der Waals surface area contributed by atoms with Gasteiger partial charge in [-0.05, 0) is 37.0 Å². The standard InChI is InChI=1S/C13H13F3N2O/c14-13(15,16)10-2-1-3-11(8-10)18-12(19)17-7-6-9-4-5-9/h1-3,6-9H,4-5H2,(H2,17,18,19)/b7-6+. The largest absolute Gasteiger partial charge is 0.416 e. The monoisotopic (exact) mass is 270 g/mol. The first-order valence-corrected chi connectivity index (χ1v) is 5.86. The highest BCUT2D eigenvalue weighted by Gasteiger charge is 2.30. The number of carbonyl (C=O) groups is 1. The zero-order valence-corrected chi connectivity index (χ0v) is 10.00. The van der Waals surface area contributed by atoms with E-state index < -0.39 is 17.8 Å². The maximum atomic E-state index is 12.5. The van der Waals surface area contributed by atoms with Crippen molar-refractivity contribution in [2.24, 2.45) is 5.92 Å². The smallest absolute Gasteiger partial charge is 0.315 e. The summed E-state index contributed by atoms with van der Waals surface area (Å²) in [5.74, 6) is 0.522. The molecule has 0 aromatic heterocycles. The summed E-state index contributed by atoms with van der Waals surface area (Å²) in [6, 6.07) is 3.94. The minimum absolute atomic E-state index is 0.104. The van der Waals surface area contributed by atoms with Crippen LogP contribution in [0.5, 0.6) is 0 Å². The highest BCUT2D eigenvalue weighted by Crippen LogP contribution is 2.31. The molecule has 1 aliphatic carbocycles. The van der Waals surface area contributed by atoms with Crippen LogP contribution in [0.2, 0.25) is 0 Å². The van der Waals surface area contributed by atoms with E-state index in [1.807, 2.05) is 6.08 Å². The highest BCUT2D eigenvalue weighted by molar-refractivity contribution is 5.89. The van der Waals surface area contributed by atoms with Gasteiger partial charge >= 0.3 is 12.2 Å². The van der Waals surface area contributed by atoms with Crippen LogP contribution in [0.15, 0.2) is 36.5 Å². The van der Waals surface area contributed by atoms with Gasteiger partial charge in [0.2, 0.25) is 0 Å². The molecule has 1 aliphatic rings. The van der Waals surface area contributed by atoms with Crippen molar-refractivity contribution in [1.29, 1.82) is 0 Å². The van der Waals surface area contributed by atoms with Crippen molar-refractivity contribution in [2.45, 2.75) is 19.0 Å². The number of carbonyl (C=O) groups excluding carboxylic acids is 1. The number of alkyl halides is 3. The van der Waals surface area contributed by atoms with E-state index in [0.29, 0.717) is 5.92 Å². The first-order chi connectivity index (χ1) is 8.95. The van der Waals surface area contributed by atoms with Gasteiger partial charge in [0.1, 0.15) is 0 Å². The Bertz CT molecular complexity index is 493. The average Bonchev–Trinajstić information content (AvgIpc) is 3.12. The van der Waals surface area contributed by atoms with Crippen molar-refractivity contribution in [3.63, 3.8) is 0 Å². The molecule has 2 amide bonds. The molecule has 1 saturated carbocycles. The Morgan fingerprint density at radius 2 is 2.05 bits per heavy atom. The van der Waals surface area contributed by atoms with Crippen molar-refractivity contribution in [2.75, 3.05) is 5.32 Å². The van der Waals surface area contributed by atoms with E-state index in [1.54, 1.807) is 0 Å². The number of hydrogen-bond acceptors (Lipinski definition) is 1. The Balaban J connectivity index is 1.92. The van der Waals surface area contributed by atoms with Crippen LogP contribution in [0.3, 0.4) is 0 Å². The van der Waals surface area contributed by atoms with Gasteiger partial charge in [-0.2, -0.15) is 13.2 Å². The van der Waals surface area contributed by atoms with E-state index in [2.05, 4.69) is 10.6 Å². The Labute approximate surface area is 108 Å². The van der Waals surface area contributed by atoms with Crippen LogP contribution in [0.4, 0.5) is 23.7 Å². The summed E-state index contributed by atoms with van der Waals surface area (Å²) >= 11 is 0. The van der Waals surface area contributed by atoms with E-state index >= 15 is 0 Å². The fourth-order valence-corrected chi connectivity index (χ4v) is 1.49. The van der Waals surface area contributed by atoms with Crippen LogP contribution in [0.1, 0.15) is 18.4 Å². The number of anilines is 1. The quantitative estimate of drug-likeness (QED) is 0.862. The lowest BCUT2D eigenvalue weighted by atomic mass is 10.2. The summed E-state index contributed by atoms with van der Waals surface area (Å²) < 4.78 is 37.4. The van der Waals surface area contributed by atoms with Gasteiger partial charge in [0, 0.05) is 11.9 Å². The molecule has 1 aromatic carbocycles. The van der Waals surface area contributed by atoms with E-state index in [-0.39, 0.29) is 5.69 Å². The van der Waals surface area contributed by atoms with Crippen LogP contribution in [0.25, 0.3) is 0 Å². The van der Waals surface area contributed by atoms with Crippen LogP contribution in [-0.2, 0) is 6.18 Å². The molecule has 1 fully saturated rings. The zero-order valence-electron chi connectivity index (χ0n) is 10.00. The van der Waals surface area contributed by atoms with Gasteiger partial charge in [0.05, 0.1) is 5.56 Å². The summed E-state index contributed by atoms with van der Waals surface area (Å²) in [4.78, 5) is 11.4. The third-order valence-corrected chi connectivity index (χ3v) is 2.65. The number of amides is 2. The van der Waals surface area contributed by atoms with Gasteiger partial charge in [-0.3, -0.25) is 0 Å². The minimum atomic E-state index is -4.42. The number of urea groups is 1. The maximum absolute atomic E-state index is 12.5. The Morgan fingerprint density at radius 1 is 1.32 bits per heavy atom. The van der Waals surface area contributed by atoms with E-state index in [1.165, 1.54) is 18.3 Å². The van der Waals surface area contributed by atoms with Gasteiger partial charge < -0.3 is 10.6 Å². The van der Waals surface area contributed by atoms with Gasteiger partial charge in [0.15, 0.2) is 0 Å². The second kappa shape index (κ2) is 5.34. The van der Waals surface area contributed by atoms with Crippen molar-refractivity contribution in [1.82, 2.24) is 5.32 Å². The number of hydrogen-bond donors (Lipinski definition) is 2. The third kappa shape index (κ3) is 4.31. The Kier molecular flexibility index (Phi) is 3.78. The number of nitrogens with one attached hydrogen (secondary N) is 2. The molecule has 0 spiro atoms. The molecule has 0 unspecified atom stereocenters. The lowest BCUT2D eigenvalue weighted by Gasteiger charge is -2.09. The molecule has 0 bridgehead atoms. The fourth-order valence-electron chi connectivity index (χ4n) is 1.49. The van der Waals surface area contributed by atoms with E-state index in [9.17, 15) is 18.0 Å². The lowest BCUT2D eigenvalue weighted by Crippen LogP contribution is -2.24. The van der Waals surface area contributed by atoms with Crippen LogP contribution in [-0.4, -0.2) is 6.03 Å². The van der Waals surface area contributed by atoms with Crippen molar-refractivity contribution in [3.8, 4) is 0 Å². The topological polar surface area (TPSA) is 41.1 Å². The number of allylic oxidation sites excluding steroid dienone is 1. The summed E-state index contributed by atoms with van der Waals surface area (Å²) in [6.45, 7) is 0. The first kappa shape index (κ1) is 13.5. The Hall–Kier alpha value is -1.98. The van der Waals surface area contributed by atoms with E-state index in [0.717, 1.165) is 25.0 Å². The molecule has 2 rings (SSSR count). The molecule has 3 nitrogen and oxygen atoms in total. The molecule has 19 heavy (non-hydrogen) atoms. The van der Waals surface area contributed by atoms with Crippen LogP contribution in [0, 0.1) is 5.92 Å². The normalized spacial score (nSPS) is 15.5. The minimum Gasteiger partial charge on any atom is -0.315 e. The molecule has 2 N–H and O–H groups in total. The molecule has 0 atom stereocenters. The first-order valence-electron chi connectivity index (χ1n) is 5.86. The van der Waals surface area contributed by atoms with Crippen LogP contribution >= 0.6 is 0 Å². The third-order valence-electron chi connectivity index (χ3n) is 2.65. The summed E-state index contributed by atoms with van der Waals surface area (Å²) in [6.07, 6.45) is 1.20. The average molecular weight is 270 g/mol. The SMILES string of the molecule is O=C(N/C=C/C1CC1)Nc1cccc(C(F)(F)F)c1. The summed E-state index contributed by atoms with van der Waals surface area (Å²) in [7, 11) is 0. The number of halogens is 3. The molecule has 102 valence electrons. The van der Waals surface area contributed by atoms with Gasteiger partial charge in [-0.1, -0.05) is 12.1 Å². The van der Waals surface area contributed by atoms with Crippen molar-refractivity contribution >= 4 is 11.7 Å². The van der Waals surface area contributed by atoms with Crippen molar-refractivity contribution < 1.29 is 18.0 Å². The van der Waals surface area contributed by atoms with Crippen LogP contribution < -0.4 is 10.6 Å². The number of benzene rings is 1. The summed E-state index contributed by atoms with van der Waals surface area (Å²) in [5, 5.41) is 4.80. The molecular weight excluding hydrogens is 257 g/mol. The summed E-state index contributed by atoms with van der Waals surface area (Å²) in [5.41, 5.74) is -0.689. The molecule has 0 saturated heterocycles. The fraction of sp³-hybridized carbons (Fsp3) is 0.308. The van der Waals surface area contributed by atoms with Gasteiger partial charge in [-0.25, -0.2) is 4.79 Å². The second-order valence-electron chi connectivity index (χ2n) is 4.37. The molecule has 0 heterocycles. The zero-order chi connectivity index (χ0) is 13.9. The Morgan fingerprint density at radius 3 is 2.68 bits per heavy atom. The molecule has 1 aromatic rings. The highest BCUT2D eigenvalue weighted by atomic mass is 19.4. The molecule has 0 aliphatic heterocycles. The predicted octanol–water partition coefficient (Wildman–Crippen LogP) is 3.75. The number of rotatable bonds is 3. The molecule has 0 radical (unpaired) electrons. The van der Waals surface area contributed by atoms with E-state index in [4.69, 9.17) is 0 Å². The molecule has 6 heteroatoms. The maximum Gasteiger partial charge on any atom is 0.416 e.